The molecule has 1 N–H and O–H groups in total. The lowest BCUT2D eigenvalue weighted by molar-refractivity contribution is -0.118. The first-order chi connectivity index (χ1) is 10.3. The van der Waals surface area contributed by atoms with Crippen LogP contribution in [0.3, 0.4) is 0 Å². The van der Waals surface area contributed by atoms with E-state index < -0.39 is 0 Å². The van der Waals surface area contributed by atoms with Crippen LogP contribution in [0.4, 0.5) is 0 Å². The van der Waals surface area contributed by atoms with Gasteiger partial charge in [-0.3, -0.25) is 4.79 Å². The Kier molecular flexibility index (Phi) is 5.90. The molecule has 0 spiro atoms. The van der Waals surface area contributed by atoms with Gasteiger partial charge in [0.1, 0.15) is 11.5 Å². The first-order valence-electron chi connectivity index (χ1n) is 6.34. The molecule has 0 atom stereocenters. The van der Waals surface area contributed by atoms with Gasteiger partial charge in [-0.25, -0.2) is 5.43 Å². The van der Waals surface area contributed by atoms with Gasteiger partial charge in [0.2, 0.25) is 5.91 Å². The number of hydrazone groups is 1. The second-order valence-electron chi connectivity index (χ2n) is 4.15. The minimum Gasteiger partial charge on any atom is -0.497 e. The number of carbonyl (C=O) groups excluding carboxylic acids is 1. The Balaban J connectivity index is 1.66. The number of amides is 1. The summed E-state index contributed by atoms with van der Waals surface area (Å²) < 4.78 is 10.1. The van der Waals surface area contributed by atoms with Crippen molar-refractivity contribution in [3.8, 4) is 5.75 Å². The first kappa shape index (κ1) is 15.2. The molecule has 0 bridgehead atoms. The molecule has 0 unspecified atom stereocenters. The van der Waals surface area contributed by atoms with Gasteiger partial charge in [-0.2, -0.15) is 5.10 Å². The normalized spacial score (nSPS) is 10.7. The van der Waals surface area contributed by atoms with E-state index in [0.717, 1.165) is 17.1 Å². The molecule has 1 amide bonds. The summed E-state index contributed by atoms with van der Waals surface area (Å²) in [5, 5.41) is 3.81. The molecule has 2 aromatic rings. The molecule has 110 valence electrons. The fraction of sp³-hybridized carbons (Fsp3) is 0.200. The van der Waals surface area contributed by atoms with E-state index in [1.807, 2.05) is 24.3 Å². The Morgan fingerprint density at radius 2 is 2.19 bits per heavy atom. The number of benzene rings is 1. The van der Waals surface area contributed by atoms with Crippen LogP contribution in [0.2, 0.25) is 0 Å². The van der Waals surface area contributed by atoms with Gasteiger partial charge in [0.05, 0.1) is 25.3 Å². The number of nitrogens with one attached hydrogen (secondary N) is 1. The highest BCUT2D eigenvalue weighted by Crippen LogP contribution is 2.16. The molecule has 0 saturated heterocycles. The van der Waals surface area contributed by atoms with Crippen molar-refractivity contribution >= 4 is 23.9 Å². The summed E-state index contributed by atoms with van der Waals surface area (Å²) in [5.41, 5.74) is 3.60. The van der Waals surface area contributed by atoms with E-state index in [4.69, 9.17) is 9.15 Å². The fourth-order valence-corrected chi connectivity index (χ4v) is 2.33. The zero-order valence-electron chi connectivity index (χ0n) is 11.6. The summed E-state index contributed by atoms with van der Waals surface area (Å²) in [7, 11) is 1.64. The van der Waals surface area contributed by atoms with E-state index >= 15 is 0 Å². The molecule has 1 aromatic heterocycles. The Morgan fingerprint density at radius 1 is 1.38 bits per heavy atom. The molecule has 21 heavy (non-hydrogen) atoms. The van der Waals surface area contributed by atoms with Gasteiger partial charge in [0.15, 0.2) is 0 Å². The SMILES string of the molecule is COc1ccc(CSCC(=O)N/N=C\c2ccco2)cc1. The van der Waals surface area contributed by atoms with E-state index in [-0.39, 0.29) is 5.91 Å². The van der Waals surface area contributed by atoms with Crippen molar-refractivity contribution in [2.24, 2.45) is 5.10 Å². The smallest absolute Gasteiger partial charge is 0.250 e. The topological polar surface area (TPSA) is 63.8 Å². The van der Waals surface area contributed by atoms with E-state index in [2.05, 4.69) is 10.5 Å². The van der Waals surface area contributed by atoms with Gasteiger partial charge in [0, 0.05) is 5.75 Å². The standard InChI is InChI=1S/C15H16N2O3S/c1-19-13-6-4-12(5-7-13)10-21-11-15(18)17-16-9-14-3-2-8-20-14/h2-9H,10-11H2,1H3,(H,17,18)/b16-9-. The van der Waals surface area contributed by atoms with Gasteiger partial charge in [0.25, 0.3) is 0 Å². The van der Waals surface area contributed by atoms with Crippen LogP contribution >= 0.6 is 11.8 Å². The second kappa shape index (κ2) is 8.16. The van der Waals surface area contributed by atoms with Gasteiger partial charge in [-0.15, -0.1) is 11.8 Å². The average Bonchev–Trinajstić information content (AvgIpc) is 3.01. The zero-order chi connectivity index (χ0) is 14.9. The summed E-state index contributed by atoms with van der Waals surface area (Å²) >= 11 is 1.53. The van der Waals surface area contributed by atoms with Crippen LogP contribution in [0.1, 0.15) is 11.3 Å². The maximum Gasteiger partial charge on any atom is 0.250 e. The molecular weight excluding hydrogens is 288 g/mol. The number of rotatable bonds is 7. The summed E-state index contributed by atoms with van der Waals surface area (Å²) in [5.74, 6) is 2.40. The molecule has 0 saturated carbocycles. The van der Waals surface area contributed by atoms with Gasteiger partial charge >= 0.3 is 0 Å². The molecular formula is C15H16N2O3S. The lowest BCUT2D eigenvalue weighted by Gasteiger charge is -2.03. The number of thioether (sulfide) groups is 1. The number of hydrogen-bond acceptors (Lipinski definition) is 5. The number of carbonyl (C=O) groups is 1. The molecule has 0 radical (unpaired) electrons. The maximum absolute atomic E-state index is 11.6. The van der Waals surface area contributed by atoms with Crippen LogP contribution in [0.15, 0.2) is 52.2 Å². The fourth-order valence-electron chi connectivity index (χ4n) is 1.55. The number of hydrogen-bond donors (Lipinski definition) is 1. The monoisotopic (exact) mass is 304 g/mol. The number of nitrogens with zero attached hydrogens (tertiary/aromatic N) is 1. The average molecular weight is 304 g/mol. The Bertz CT molecular complexity index is 579. The molecule has 5 nitrogen and oxygen atoms in total. The van der Waals surface area contributed by atoms with Crippen LogP contribution in [-0.2, 0) is 10.5 Å². The maximum atomic E-state index is 11.6. The third-order valence-electron chi connectivity index (χ3n) is 2.59. The zero-order valence-corrected chi connectivity index (χ0v) is 12.4. The van der Waals surface area contributed by atoms with Crippen molar-refractivity contribution < 1.29 is 13.9 Å². The summed E-state index contributed by atoms with van der Waals surface area (Å²) in [4.78, 5) is 11.6. The van der Waals surface area contributed by atoms with Crippen molar-refractivity contribution in [1.29, 1.82) is 0 Å². The van der Waals surface area contributed by atoms with Crippen molar-refractivity contribution in [3.05, 3.63) is 54.0 Å². The molecule has 2 rings (SSSR count). The summed E-state index contributed by atoms with van der Waals surface area (Å²) in [6.07, 6.45) is 3.01. The van der Waals surface area contributed by atoms with E-state index in [1.165, 1.54) is 18.0 Å². The minimum atomic E-state index is -0.142. The number of methoxy groups -OCH3 is 1. The van der Waals surface area contributed by atoms with E-state index in [9.17, 15) is 4.79 Å². The van der Waals surface area contributed by atoms with E-state index in [1.54, 1.807) is 25.5 Å². The van der Waals surface area contributed by atoms with Crippen molar-refractivity contribution in [2.45, 2.75) is 5.75 Å². The second-order valence-corrected chi connectivity index (χ2v) is 5.14. The van der Waals surface area contributed by atoms with Crippen molar-refractivity contribution in [1.82, 2.24) is 5.43 Å². The third-order valence-corrected chi connectivity index (χ3v) is 3.59. The predicted octanol–water partition coefficient (Wildman–Crippen LogP) is 2.67. The Labute approximate surface area is 127 Å². The highest BCUT2D eigenvalue weighted by molar-refractivity contribution is 7.99. The highest BCUT2D eigenvalue weighted by atomic mass is 32.2. The number of ether oxygens (including phenoxy) is 1. The van der Waals surface area contributed by atoms with Crippen LogP contribution in [0.5, 0.6) is 5.75 Å². The molecule has 0 aliphatic heterocycles. The minimum absolute atomic E-state index is 0.142. The molecule has 6 heteroatoms. The Morgan fingerprint density at radius 3 is 2.86 bits per heavy atom. The lowest BCUT2D eigenvalue weighted by Crippen LogP contribution is -2.19. The number of furan rings is 1. The summed E-state index contributed by atoms with van der Waals surface area (Å²) in [6, 6.07) is 11.3. The van der Waals surface area contributed by atoms with Crippen LogP contribution in [0.25, 0.3) is 0 Å². The van der Waals surface area contributed by atoms with Crippen LogP contribution < -0.4 is 10.2 Å². The Hall–Kier alpha value is -2.21. The van der Waals surface area contributed by atoms with Crippen LogP contribution in [0, 0.1) is 0 Å². The first-order valence-corrected chi connectivity index (χ1v) is 7.49. The van der Waals surface area contributed by atoms with Gasteiger partial charge in [-0.1, -0.05) is 12.1 Å². The summed E-state index contributed by atoms with van der Waals surface area (Å²) in [6.45, 7) is 0. The highest BCUT2D eigenvalue weighted by Gasteiger charge is 2.01. The molecule has 0 fully saturated rings. The quantitative estimate of drug-likeness (QED) is 0.631. The van der Waals surface area contributed by atoms with Gasteiger partial charge < -0.3 is 9.15 Å². The van der Waals surface area contributed by atoms with E-state index in [0.29, 0.717) is 11.5 Å². The molecule has 0 aliphatic rings. The largest absolute Gasteiger partial charge is 0.497 e. The van der Waals surface area contributed by atoms with Crippen molar-refractivity contribution in [2.75, 3.05) is 12.9 Å². The predicted molar refractivity (Wildman–Crippen MR) is 83.6 cm³/mol. The third kappa shape index (κ3) is 5.35. The lowest BCUT2D eigenvalue weighted by atomic mass is 10.2. The van der Waals surface area contributed by atoms with Crippen LogP contribution in [-0.4, -0.2) is 25.0 Å². The van der Waals surface area contributed by atoms with Gasteiger partial charge in [-0.05, 0) is 29.8 Å². The molecule has 1 heterocycles. The molecule has 1 aromatic carbocycles. The van der Waals surface area contributed by atoms with Crippen molar-refractivity contribution in [3.63, 3.8) is 0 Å². The molecule has 0 aliphatic carbocycles.